The summed E-state index contributed by atoms with van der Waals surface area (Å²) in [5, 5.41) is 4.61. The van der Waals surface area contributed by atoms with Crippen LogP contribution in [0.3, 0.4) is 0 Å². The Morgan fingerprint density at radius 3 is 1.04 bits per heavy atom. The van der Waals surface area contributed by atoms with E-state index in [9.17, 15) is 0 Å². The van der Waals surface area contributed by atoms with Gasteiger partial charge in [0.2, 0.25) is 0 Å². The topological polar surface area (TPSA) is 0 Å². The van der Waals surface area contributed by atoms with Gasteiger partial charge in [0, 0.05) is 28.9 Å². The Balaban J connectivity index is 0.931. The van der Waals surface area contributed by atoms with Gasteiger partial charge in [0.1, 0.15) is 11.6 Å². The number of rotatable bonds is 6. The molecule has 0 nitrogen and oxygen atoms in total. The molecule has 10 aromatic rings. The van der Waals surface area contributed by atoms with Crippen molar-refractivity contribution in [3.63, 3.8) is 0 Å². The highest BCUT2D eigenvalue weighted by atomic mass is 32.1. The van der Waals surface area contributed by atoms with E-state index >= 15 is 8.78 Å². The SMILES string of the molecule is Fc1cc(-c2cc3cc4cc5sc(-c6cc(F)c(-c7ccc(-c8ccccc8)cc7)s6)cc5cc4cc3s2)sc1-c1ccc(-c2ccccc2)cc1. The zero-order valence-electron chi connectivity index (χ0n) is 27.4. The van der Waals surface area contributed by atoms with Crippen molar-refractivity contribution in [2.24, 2.45) is 0 Å². The third-order valence-corrected chi connectivity index (χ3v) is 14.4. The van der Waals surface area contributed by atoms with Crippen LogP contribution in [-0.2, 0) is 0 Å². The van der Waals surface area contributed by atoms with Gasteiger partial charge in [0.05, 0.1) is 9.75 Å². The molecule has 4 aromatic heterocycles. The highest BCUT2D eigenvalue weighted by Crippen LogP contribution is 2.45. The highest BCUT2D eigenvalue weighted by molar-refractivity contribution is 7.27. The third-order valence-electron chi connectivity index (χ3n) is 9.48. The molecule has 6 aromatic carbocycles. The Morgan fingerprint density at radius 1 is 0.288 bits per heavy atom. The molecular formula is C46H26F2S4. The van der Waals surface area contributed by atoms with Crippen LogP contribution in [-0.4, -0.2) is 0 Å². The molecule has 0 radical (unpaired) electrons. The van der Waals surface area contributed by atoms with Crippen molar-refractivity contribution >= 4 is 76.3 Å². The van der Waals surface area contributed by atoms with Crippen molar-refractivity contribution in [2.75, 3.05) is 0 Å². The lowest BCUT2D eigenvalue weighted by Crippen LogP contribution is -1.79. The summed E-state index contributed by atoms with van der Waals surface area (Å²) in [7, 11) is 0. The first-order valence-corrected chi connectivity index (χ1v) is 20.1. The monoisotopic (exact) mass is 744 g/mol. The second-order valence-corrected chi connectivity index (χ2v) is 17.1. The van der Waals surface area contributed by atoms with Gasteiger partial charge < -0.3 is 0 Å². The van der Waals surface area contributed by atoms with Crippen LogP contribution in [0.4, 0.5) is 8.78 Å². The zero-order valence-corrected chi connectivity index (χ0v) is 30.7. The quantitative estimate of drug-likeness (QED) is 0.159. The van der Waals surface area contributed by atoms with Crippen LogP contribution in [0.25, 0.3) is 93.6 Å². The molecule has 0 atom stereocenters. The molecule has 0 amide bonds. The summed E-state index contributed by atoms with van der Waals surface area (Å²) >= 11 is 6.40. The molecule has 0 aliphatic carbocycles. The van der Waals surface area contributed by atoms with Crippen molar-refractivity contribution in [1.29, 1.82) is 0 Å². The Morgan fingerprint density at radius 2 is 0.635 bits per heavy atom. The summed E-state index contributed by atoms with van der Waals surface area (Å²) in [6, 6.07) is 53.4. The predicted molar refractivity (Wildman–Crippen MR) is 223 cm³/mol. The molecule has 4 heterocycles. The van der Waals surface area contributed by atoms with Crippen LogP contribution in [0.5, 0.6) is 0 Å². The fourth-order valence-corrected chi connectivity index (χ4v) is 11.2. The van der Waals surface area contributed by atoms with Crippen molar-refractivity contribution in [3.05, 3.63) is 169 Å². The average molecular weight is 745 g/mol. The molecule has 0 bridgehead atoms. The van der Waals surface area contributed by atoms with Crippen LogP contribution < -0.4 is 0 Å². The first-order valence-electron chi connectivity index (χ1n) is 16.8. The molecule has 0 aliphatic heterocycles. The van der Waals surface area contributed by atoms with Crippen molar-refractivity contribution in [2.45, 2.75) is 0 Å². The summed E-state index contributed by atoms with van der Waals surface area (Å²) in [5.74, 6) is -0.380. The Bertz CT molecular complexity index is 2630. The molecular weight excluding hydrogens is 719 g/mol. The predicted octanol–water partition coefficient (Wildman–Crippen LogP) is 15.7. The number of hydrogen-bond acceptors (Lipinski definition) is 4. The maximum atomic E-state index is 15.3. The molecule has 0 saturated heterocycles. The van der Waals surface area contributed by atoms with Crippen molar-refractivity contribution in [3.8, 4) is 62.6 Å². The molecule has 0 unspecified atom stereocenters. The van der Waals surface area contributed by atoms with E-state index in [2.05, 4.69) is 84.9 Å². The highest BCUT2D eigenvalue weighted by Gasteiger charge is 2.17. The Labute approximate surface area is 315 Å². The lowest BCUT2D eigenvalue weighted by atomic mass is 10.0. The number of halogens is 2. The average Bonchev–Trinajstić information content (AvgIpc) is 3.98. The van der Waals surface area contributed by atoms with Gasteiger partial charge in [-0.25, -0.2) is 8.78 Å². The minimum atomic E-state index is -0.190. The summed E-state index contributed by atoms with van der Waals surface area (Å²) in [4.78, 5) is 5.32. The molecule has 6 heteroatoms. The minimum absolute atomic E-state index is 0.190. The molecule has 0 spiro atoms. The van der Waals surface area contributed by atoms with Gasteiger partial charge in [0.25, 0.3) is 0 Å². The van der Waals surface area contributed by atoms with Crippen LogP contribution in [0, 0.1) is 11.6 Å². The molecule has 0 aliphatic rings. The van der Waals surface area contributed by atoms with E-state index in [1.54, 1.807) is 34.8 Å². The van der Waals surface area contributed by atoms with Gasteiger partial charge in [-0.05, 0) is 103 Å². The summed E-state index contributed by atoms with van der Waals surface area (Å²) in [6.45, 7) is 0. The van der Waals surface area contributed by atoms with E-state index in [1.165, 1.54) is 32.1 Å². The normalized spacial score (nSPS) is 11.7. The van der Waals surface area contributed by atoms with Crippen molar-refractivity contribution in [1.82, 2.24) is 0 Å². The second kappa shape index (κ2) is 12.8. The molecule has 10 rings (SSSR count). The third kappa shape index (κ3) is 5.69. The van der Waals surface area contributed by atoms with E-state index < -0.39 is 0 Å². The van der Waals surface area contributed by atoms with Crippen molar-refractivity contribution < 1.29 is 8.78 Å². The summed E-state index contributed by atoms with van der Waals surface area (Å²) in [5.41, 5.74) is 6.30. The molecule has 0 fully saturated rings. The number of thiophene rings is 4. The van der Waals surface area contributed by atoms with Gasteiger partial charge in [-0.3, -0.25) is 0 Å². The van der Waals surface area contributed by atoms with E-state index in [0.717, 1.165) is 74.4 Å². The Kier molecular flexibility index (Phi) is 7.73. The van der Waals surface area contributed by atoms with E-state index in [1.807, 2.05) is 60.7 Å². The van der Waals surface area contributed by atoms with Crippen LogP contribution >= 0.6 is 45.3 Å². The molecule has 52 heavy (non-hydrogen) atoms. The van der Waals surface area contributed by atoms with E-state index in [-0.39, 0.29) is 11.6 Å². The van der Waals surface area contributed by atoms with Crippen LogP contribution in [0.1, 0.15) is 0 Å². The van der Waals surface area contributed by atoms with E-state index in [4.69, 9.17) is 0 Å². The maximum Gasteiger partial charge on any atom is 0.142 e. The lowest BCUT2D eigenvalue weighted by Gasteiger charge is -2.03. The number of benzene rings is 6. The summed E-state index contributed by atoms with van der Waals surface area (Å²) < 4.78 is 33.0. The number of hydrogen-bond donors (Lipinski definition) is 0. The Hall–Kier alpha value is -5.24. The molecule has 0 saturated carbocycles. The van der Waals surface area contributed by atoms with Gasteiger partial charge in [-0.1, -0.05) is 109 Å². The lowest BCUT2D eigenvalue weighted by molar-refractivity contribution is 0.636. The largest absolute Gasteiger partial charge is 0.205 e. The standard InChI is InChI=1S/C46H26F2S4/c47-37-25-43(51-45(37)31-15-11-29(12-16-31)27-7-3-1-4-8-27)41-23-35-19-33-22-40-36(20-34(33)21-39(35)49-41)24-42(50-40)44-26-38(48)46(52-44)32-17-13-30(14-18-32)28-9-5-2-6-10-28/h1-26H. The van der Waals surface area contributed by atoms with Gasteiger partial charge in [0.15, 0.2) is 0 Å². The van der Waals surface area contributed by atoms with Gasteiger partial charge in [-0.2, -0.15) is 0 Å². The zero-order chi connectivity index (χ0) is 34.8. The summed E-state index contributed by atoms with van der Waals surface area (Å²) in [6.07, 6.45) is 0. The van der Waals surface area contributed by atoms with Crippen LogP contribution in [0.2, 0.25) is 0 Å². The number of fused-ring (bicyclic) bond motifs is 3. The van der Waals surface area contributed by atoms with Gasteiger partial charge >= 0.3 is 0 Å². The fourth-order valence-electron chi connectivity index (χ4n) is 6.83. The van der Waals surface area contributed by atoms with Crippen LogP contribution in [0.15, 0.2) is 158 Å². The van der Waals surface area contributed by atoms with Gasteiger partial charge in [-0.15, -0.1) is 45.3 Å². The minimum Gasteiger partial charge on any atom is -0.205 e. The fraction of sp³-hybridized carbons (Fsp3) is 0. The smallest absolute Gasteiger partial charge is 0.142 e. The second-order valence-electron chi connectivity index (χ2n) is 12.8. The molecule has 0 N–H and O–H groups in total. The maximum absolute atomic E-state index is 15.3. The first-order chi connectivity index (χ1) is 25.5. The first kappa shape index (κ1) is 31.5. The molecule has 248 valence electrons. The van der Waals surface area contributed by atoms with E-state index in [0.29, 0.717) is 9.75 Å².